The second-order valence-corrected chi connectivity index (χ2v) is 4.77. The van der Waals surface area contributed by atoms with Crippen LogP contribution in [0.2, 0.25) is 0 Å². The minimum absolute atomic E-state index is 0.00477. The molecule has 0 amide bonds. The number of carbonyl (C=O) groups is 1. The lowest BCUT2D eigenvalue weighted by molar-refractivity contribution is -0.296. The highest BCUT2D eigenvalue weighted by Crippen LogP contribution is 2.16. The molecule has 0 bridgehead atoms. The SMILES string of the molecule is CCCCC(C)OOC(=O)CC(CC)CCC. The van der Waals surface area contributed by atoms with E-state index in [4.69, 9.17) is 9.78 Å². The lowest BCUT2D eigenvalue weighted by Gasteiger charge is -2.14. The molecule has 3 nitrogen and oxygen atoms in total. The average molecular weight is 244 g/mol. The topological polar surface area (TPSA) is 35.5 Å². The van der Waals surface area contributed by atoms with Crippen LogP contribution >= 0.6 is 0 Å². The minimum Gasteiger partial charge on any atom is -0.298 e. The highest BCUT2D eigenvalue weighted by Gasteiger charge is 2.14. The molecule has 0 spiro atoms. The molecule has 0 fully saturated rings. The van der Waals surface area contributed by atoms with E-state index in [1.165, 1.54) is 0 Å². The smallest absolute Gasteiger partial charge is 0.298 e. The van der Waals surface area contributed by atoms with Crippen molar-refractivity contribution in [2.75, 3.05) is 0 Å². The molecule has 0 N–H and O–H groups in total. The highest BCUT2D eigenvalue weighted by molar-refractivity contribution is 5.68. The van der Waals surface area contributed by atoms with E-state index < -0.39 is 0 Å². The summed E-state index contributed by atoms with van der Waals surface area (Å²) in [5.74, 6) is 0.204. The standard InChI is InChI=1S/C14H28O3/c1-5-8-10-12(4)16-17-14(15)11-13(7-3)9-6-2/h12-13H,5-11H2,1-4H3. The van der Waals surface area contributed by atoms with E-state index in [0.717, 1.165) is 38.5 Å². The van der Waals surface area contributed by atoms with Crippen molar-refractivity contribution < 1.29 is 14.6 Å². The van der Waals surface area contributed by atoms with Crippen molar-refractivity contribution in [1.82, 2.24) is 0 Å². The molecule has 0 aliphatic heterocycles. The van der Waals surface area contributed by atoms with Crippen LogP contribution in [0.15, 0.2) is 0 Å². The van der Waals surface area contributed by atoms with E-state index in [1.807, 2.05) is 6.92 Å². The molecule has 2 unspecified atom stereocenters. The van der Waals surface area contributed by atoms with Crippen molar-refractivity contribution in [2.45, 2.75) is 78.7 Å². The van der Waals surface area contributed by atoms with Crippen LogP contribution in [0.5, 0.6) is 0 Å². The summed E-state index contributed by atoms with van der Waals surface area (Å²) in [5.41, 5.74) is 0. The number of rotatable bonds is 10. The molecule has 0 aliphatic carbocycles. The van der Waals surface area contributed by atoms with Gasteiger partial charge < -0.3 is 0 Å². The second kappa shape index (κ2) is 10.6. The average Bonchev–Trinajstić information content (AvgIpc) is 2.33. The van der Waals surface area contributed by atoms with Crippen LogP contribution in [0, 0.1) is 5.92 Å². The second-order valence-electron chi connectivity index (χ2n) is 4.77. The lowest BCUT2D eigenvalue weighted by atomic mass is 9.97. The van der Waals surface area contributed by atoms with Crippen molar-refractivity contribution in [3.8, 4) is 0 Å². The van der Waals surface area contributed by atoms with Gasteiger partial charge in [0.05, 0.1) is 6.42 Å². The van der Waals surface area contributed by atoms with Crippen LogP contribution in [-0.4, -0.2) is 12.1 Å². The monoisotopic (exact) mass is 244 g/mol. The molecule has 0 aromatic heterocycles. The maximum atomic E-state index is 11.5. The molecule has 0 rings (SSSR count). The minimum atomic E-state index is -0.228. The van der Waals surface area contributed by atoms with E-state index in [0.29, 0.717) is 12.3 Å². The van der Waals surface area contributed by atoms with Gasteiger partial charge in [-0.25, -0.2) is 4.79 Å². The van der Waals surface area contributed by atoms with E-state index in [9.17, 15) is 4.79 Å². The molecular formula is C14H28O3. The fourth-order valence-corrected chi connectivity index (χ4v) is 1.80. The summed E-state index contributed by atoms with van der Waals surface area (Å²) in [4.78, 5) is 21.4. The Labute approximate surface area is 106 Å². The highest BCUT2D eigenvalue weighted by atomic mass is 17.2. The van der Waals surface area contributed by atoms with Crippen molar-refractivity contribution >= 4 is 5.97 Å². The quantitative estimate of drug-likeness (QED) is 0.425. The van der Waals surface area contributed by atoms with Gasteiger partial charge in [-0.15, -0.1) is 0 Å². The molecule has 0 aliphatic rings. The van der Waals surface area contributed by atoms with Gasteiger partial charge in [0.25, 0.3) is 0 Å². The summed E-state index contributed by atoms with van der Waals surface area (Å²) in [5, 5.41) is 0. The zero-order valence-corrected chi connectivity index (χ0v) is 11.8. The third-order valence-corrected chi connectivity index (χ3v) is 3.00. The maximum Gasteiger partial charge on any atom is 0.342 e. The molecule has 17 heavy (non-hydrogen) atoms. The number of carbonyl (C=O) groups excluding carboxylic acids is 1. The Morgan fingerprint density at radius 3 is 2.35 bits per heavy atom. The molecule has 0 radical (unpaired) electrons. The molecule has 3 heteroatoms. The van der Waals surface area contributed by atoms with Gasteiger partial charge >= 0.3 is 5.97 Å². The van der Waals surface area contributed by atoms with Gasteiger partial charge in [0.1, 0.15) is 6.10 Å². The predicted octanol–water partition coefficient (Wildman–Crippen LogP) is 4.26. The molecular weight excluding hydrogens is 216 g/mol. The van der Waals surface area contributed by atoms with Crippen LogP contribution in [0.3, 0.4) is 0 Å². The fraction of sp³-hybridized carbons (Fsp3) is 0.929. The molecule has 0 saturated heterocycles. The first kappa shape index (κ1) is 16.4. The Morgan fingerprint density at radius 1 is 1.12 bits per heavy atom. The van der Waals surface area contributed by atoms with Crippen LogP contribution in [-0.2, 0) is 14.6 Å². The van der Waals surface area contributed by atoms with Gasteiger partial charge in [0.15, 0.2) is 0 Å². The lowest BCUT2D eigenvalue weighted by Crippen LogP contribution is -2.16. The molecule has 0 heterocycles. The van der Waals surface area contributed by atoms with E-state index in [-0.39, 0.29) is 12.1 Å². The van der Waals surface area contributed by atoms with Gasteiger partial charge in [-0.1, -0.05) is 52.9 Å². The summed E-state index contributed by atoms with van der Waals surface area (Å²) in [7, 11) is 0. The van der Waals surface area contributed by atoms with Crippen LogP contribution in [0.4, 0.5) is 0 Å². The van der Waals surface area contributed by atoms with E-state index >= 15 is 0 Å². The summed E-state index contributed by atoms with van der Waals surface area (Å²) in [6, 6.07) is 0. The first-order valence-corrected chi connectivity index (χ1v) is 7.00. The zero-order valence-electron chi connectivity index (χ0n) is 11.8. The number of hydrogen-bond donors (Lipinski definition) is 0. The van der Waals surface area contributed by atoms with Crippen molar-refractivity contribution in [3.63, 3.8) is 0 Å². The van der Waals surface area contributed by atoms with E-state index in [1.54, 1.807) is 0 Å². The Bertz CT molecular complexity index is 192. The van der Waals surface area contributed by atoms with Crippen LogP contribution in [0.1, 0.15) is 72.6 Å². The number of unbranched alkanes of at least 4 members (excludes halogenated alkanes) is 1. The van der Waals surface area contributed by atoms with Gasteiger partial charge in [-0.05, 0) is 19.3 Å². The molecule has 0 aromatic rings. The normalized spacial score (nSPS) is 14.4. The molecule has 0 aromatic carbocycles. The van der Waals surface area contributed by atoms with Gasteiger partial charge in [-0.3, -0.25) is 4.89 Å². The van der Waals surface area contributed by atoms with Gasteiger partial charge in [0, 0.05) is 0 Å². The molecule has 2 atom stereocenters. The van der Waals surface area contributed by atoms with Crippen molar-refractivity contribution in [2.24, 2.45) is 5.92 Å². The molecule has 0 saturated carbocycles. The summed E-state index contributed by atoms with van der Waals surface area (Å²) in [6.45, 7) is 8.32. The van der Waals surface area contributed by atoms with Crippen LogP contribution in [0.25, 0.3) is 0 Å². The third kappa shape index (κ3) is 9.16. The summed E-state index contributed by atoms with van der Waals surface area (Å²) < 4.78 is 0. The predicted molar refractivity (Wildman–Crippen MR) is 69.5 cm³/mol. The zero-order chi connectivity index (χ0) is 13.1. The Balaban J connectivity index is 3.70. The maximum absolute atomic E-state index is 11.5. The van der Waals surface area contributed by atoms with Gasteiger partial charge in [-0.2, -0.15) is 4.89 Å². The summed E-state index contributed by atoms with van der Waals surface area (Å²) >= 11 is 0. The third-order valence-electron chi connectivity index (χ3n) is 3.00. The van der Waals surface area contributed by atoms with Crippen LogP contribution < -0.4 is 0 Å². The largest absolute Gasteiger partial charge is 0.342 e. The summed E-state index contributed by atoms with van der Waals surface area (Å²) in [6.07, 6.45) is 6.87. The van der Waals surface area contributed by atoms with Gasteiger partial charge in [0.2, 0.25) is 0 Å². The Morgan fingerprint density at radius 2 is 1.82 bits per heavy atom. The first-order chi connectivity index (χ1) is 8.13. The van der Waals surface area contributed by atoms with Crippen molar-refractivity contribution in [1.29, 1.82) is 0 Å². The van der Waals surface area contributed by atoms with Crippen molar-refractivity contribution in [3.05, 3.63) is 0 Å². The van der Waals surface area contributed by atoms with E-state index in [2.05, 4.69) is 20.8 Å². The Kier molecular flexibility index (Phi) is 10.2. The molecule has 102 valence electrons. The Hall–Kier alpha value is -0.570. The fourth-order valence-electron chi connectivity index (χ4n) is 1.80. The number of hydrogen-bond acceptors (Lipinski definition) is 3. The first-order valence-electron chi connectivity index (χ1n) is 7.00.